The number of ether oxygens (including phenoxy) is 1. The van der Waals surface area contributed by atoms with Crippen molar-refractivity contribution in [3.63, 3.8) is 0 Å². The number of hydrogen-bond donors (Lipinski definition) is 2. The molecule has 0 aliphatic rings. The summed E-state index contributed by atoms with van der Waals surface area (Å²) < 4.78 is 7.16. The summed E-state index contributed by atoms with van der Waals surface area (Å²) in [5.74, 6) is 0.436. The van der Waals surface area contributed by atoms with Crippen LogP contribution in [0, 0.1) is 0 Å². The van der Waals surface area contributed by atoms with E-state index in [0.717, 1.165) is 29.6 Å². The Kier molecular flexibility index (Phi) is 7.22. The first-order valence-corrected chi connectivity index (χ1v) is 9.87. The number of carbonyl (C=O) groups excluding carboxylic acids is 2. The quantitative estimate of drug-likeness (QED) is 0.535. The maximum absolute atomic E-state index is 12.3. The third-order valence-corrected chi connectivity index (χ3v) is 4.42. The van der Waals surface area contributed by atoms with Crippen molar-refractivity contribution in [2.75, 3.05) is 11.9 Å². The number of aromatic nitrogens is 2. The Bertz CT molecular complexity index is 953. The molecule has 2 aromatic carbocycles. The van der Waals surface area contributed by atoms with Crippen molar-refractivity contribution in [1.82, 2.24) is 14.9 Å². The van der Waals surface area contributed by atoms with Crippen molar-refractivity contribution in [1.29, 1.82) is 0 Å². The number of nitrogens with zero attached hydrogens (tertiary/aromatic N) is 2. The highest BCUT2D eigenvalue weighted by Crippen LogP contribution is 2.20. The molecule has 7 heteroatoms. The van der Waals surface area contributed by atoms with Crippen LogP contribution in [0.4, 0.5) is 10.7 Å². The van der Waals surface area contributed by atoms with E-state index >= 15 is 0 Å². The lowest BCUT2D eigenvalue weighted by atomic mass is 10.2. The van der Waals surface area contributed by atoms with Crippen molar-refractivity contribution in [3.8, 4) is 0 Å². The summed E-state index contributed by atoms with van der Waals surface area (Å²) in [6.45, 7) is 3.46. The number of benzene rings is 2. The molecule has 1 aromatic heterocycles. The molecular weight excluding hydrogens is 368 g/mol. The topological polar surface area (TPSA) is 85.2 Å². The Morgan fingerprint density at radius 3 is 2.62 bits per heavy atom. The second-order valence-corrected chi connectivity index (χ2v) is 6.72. The average Bonchev–Trinajstić information content (AvgIpc) is 3.08. The predicted molar refractivity (Wildman–Crippen MR) is 113 cm³/mol. The zero-order chi connectivity index (χ0) is 20.5. The van der Waals surface area contributed by atoms with Gasteiger partial charge in [0.25, 0.3) is 0 Å². The minimum Gasteiger partial charge on any atom is -0.445 e. The molecule has 0 saturated carbocycles. The lowest BCUT2D eigenvalue weighted by molar-refractivity contribution is -0.116. The van der Waals surface area contributed by atoms with Gasteiger partial charge in [0.15, 0.2) is 0 Å². The standard InChI is InChI=1S/C22H26N4O3/c1-2-15-26-19-12-7-6-11-18(19)24-21(26)25-20(27)13-8-14-23-22(28)29-16-17-9-4-3-5-10-17/h3-7,9-12H,2,8,13-16H2,1H3,(H,23,28)(H,24,25,27). The number of hydrogen-bond acceptors (Lipinski definition) is 4. The number of imidazole rings is 1. The van der Waals surface area contributed by atoms with Gasteiger partial charge in [-0.3, -0.25) is 10.1 Å². The first-order valence-electron chi connectivity index (χ1n) is 9.87. The normalized spacial score (nSPS) is 10.7. The summed E-state index contributed by atoms with van der Waals surface area (Å²) in [6, 6.07) is 17.3. The minimum atomic E-state index is -0.487. The Labute approximate surface area is 170 Å². The third kappa shape index (κ3) is 5.81. The highest BCUT2D eigenvalue weighted by Gasteiger charge is 2.12. The first kappa shape index (κ1) is 20.4. The molecule has 0 bridgehead atoms. The van der Waals surface area contributed by atoms with Gasteiger partial charge in [-0.15, -0.1) is 0 Å². The maximum Gasteiger partial charge on any atom is 0.407 e. The molecule has 0 spiro atoms. The smallest absolute Gasteiger partial charge is 0.407 e. The van der Waals surface area contributed by atoms with E-state index in [-0.39, 0.29) is 18.9 Å². The van der Waals surface area contributed by atoms with Crippen LogP contribution in [-0.4, -0.2) is 28.1 Å². The first-order chi connectivity index (χ1) is 14.2. The fourth-order valence-corrected chi connectivity index (χ4v) is 3.02. The van der Waals surface area contributed by atoms with Gasteiger partial charge in [0, 0.05) is 19.5 Å². The van der Waals surface area contributed by atoms with Crippen LogP contribution in [0.5, 0.6) is 0 Å². The van der Waals surface area contributed by atoms with Crippen molar-refractivity contribution in [3.05, 3.63) is 60.2 Å². The van der Waals surface area contributed by atoms with E-state index in [0.29, 0.717) is 18.9 Å². The lowest BCUT2D eigenvalue weighted by Crippen LogP contribution is -2.26. The molecule has 0 atom stereocenters. The van der Waals surface area contributed by atoms with Crippen molar-refractivity contribution in [2.24, 2.45) is 0 Å². The molecule has 3 rings (SSSR count). The van der Waals surface area contributed by atoms with Crippen LogP contribution < -0.4 is 10.6 Å². The van der Waals surface area contributed by atoms with Crippen LogP contribution in [0.1, 0.15) is 31.7 Å². The van der Waals surface area contributed by atoms with E-state index in [1.807, 2.05) is 59.2 Å². The number of amides is 2. The number of para-hydroxylation sites is 2. The fraction of sp³-hybridized carbons (Fsp3) is 0.318. The van der Waals surface area contributed by atoms with Crippen molar-refractivity contribution in [2.45, 2.75) is 39.3 Å². The highest BCUT2D eigenvalue weighted by molar-refractivity contribution is 5.91. The zero-order valence-electron chi connectivity index (χ0n) is 16.6. The summed E-state index contributed by atoms with van der Waals surface area (Å²) in [5, 5.41) is 5.55. The molecule has 0 unspecified atom stereocenters. The average molecular weight is 394 g/mol. The van der Waals surface area contributed by atoms with E-state index in [9.17, 15) is 9.59 Å². The number of rotatable bonds is 9. The van der Waals surface area contributed by atoms with Gasteiger partial charge in [-0.2, -0.15) is 0 Å². The minimum absolute atomic E-state index is 0.128. The Morgan fingerprint density at radius 2 is 1.83 bits per heavy atom. The monoisotopic (exact) mass is 394 g/mol. The number of nitrogens with one attached hydrogen (secondary N) is 2. The van der Waals surface area contributed by atoms with Crippen molar-refractivity contribution >= 4 is 29.0 Å². The summed E-state index contributed by atoms with van der Waals surface area (Å²) >= 11 is 0. The molecule has 0 saturated heterocycles. The molecular formula is C22H26N4O3. The molecule has 0 aliphatic heterocycles. The number of anilines is 1. The second-order valence-electron chi connectivity index (χ2n) is 6.72. The van der Waals surface area contributed by atoms with E-state index in [2.05, 4.69) is 22.5 Å². The van der Waals surface area contributed by atoms with Gasteiger partial charge in [0.2, 0.25) is 11.9 Å². The number of carbonyl (C=O) groups is 2. The molecule has 2 N–H and O–H groups in total. The van der Waals surface area contributed by atoms with Crippen LogP contribution in [0.3, 0.4) is 0 Å². The predicted octanol–water partition coefficient (Wildman–Crippen LogP) is 4.09. The Morgan fingerprint density at radius 1 is 1.07 bits per heavy atom. The molecule has 0 radical (unpaired) electrons. The Balaban J connectivity index is 1.41. The highest BCUT2D eigenvalue weighted by atomic mass is 16.5. The van der Waals surface area contributed by atoms with Gasteiger partial charge < -0.3 is 14.6 Å². The van der Waals surface area contributed by atoms with Gasteiger partial charge >= 0.3 is 6.09 Å². The summed E-state index contributed by atoms with van der Waals surface area (Å²) in [7, 11) is 0. The van der Waals surface area contributed by atoms with Gasteiger partial charge in [-0.25, -0.2) is 9.78 Å². The SMILES string of the molecule is CCCn1c(NC(=O)CCCNC(=O)OCc2ccccc2)nc2ccccc21. The largest absolute Gasteiger partial charge is 0.445 e. The number of alkyl carbamates (subject to hydrolysis) is 1. The summed E-state index contributed by atoms with van der Waals surface area (Å²) in [5.41, 5.74) is 2.79. The fourth-order valence-electron chi connectivity index (χ4n) is 3.02. The molecule has 0 fully saturated rings. The van der Waals surface area contributed by atoms with Gasteiger partial charge in [0.05, 0.1) is 11.0 Å². The summed E-state index contributed by atoms with van der Waals surface area (Å²) in [4.78, 5) is 28.5. The number of aryl methyl sites for hydroxylation is 1. The lowest BCUT2D eigenvalue weighted by Gasteiger charge is -2.09. The molecule has 152 valence electrons. The third-order valence-electron chi connectivity index (χ3n) is 4.42. The van der Waals surface area contributed by atoms with E-state index < -0.39 is 6.09 Å². The number of fused-ring (bicyclic) bond motifs is 1. The van der Waals surface area contributed by atoms with Crippen LogP contribution in [0.15, 0.2) is 54.6 Å². The maximum atomic E-state index is 12.3. The van der Waals surface area contributed by atoms with E-state index in [1.54, 1.807) is 0 Å². The van der Waals surface area contributed by atoms with Crippen LogP contribution in [0.25, 0.3) is 11.0 Å². The van der Waals surface area contributed by atoms with Gasteiger partial charge in [-0.1, -0.05) is 49.4 Å². The molecule has 3 aromatic rings. The van der Waals surface area contributed by atoms with Crippen LogP contribution >= 0.6 is 0 Å². The molecule has 1 heterocycles. The van der Waals surface area contributed by atoms with E-state index in [4.69, 9.17) is 4.74 Å². The second kappa shape index (κ2) is 10.3. The van der Waals surface area contributed by atoms with Crippen LogP contribution in [0.2, 0.25) is 0 Å². The van der Waals surface area contributed by atoms with Crippen LogP contribution in [-0.2, 0) is 22.7 Å². The van der Waals surface area contributed by atoms with E-state index in [1.165, 1.54) is 0 Å². The van der Waals surface area contributed by atoms with Crippen molar-refractivity contribution < 1.29 is 14.3 Å². The molecule has 2 amide bonds. The molecule has 0 aliphatic carbocycles. The molecule has 29 heavy (non-hydrogen) atoms. The zero-order valence-corrected chi connectivity index (χ0v) is 16.6. The van der Waals surface area contributed by atoms with Gasteiger partial charge in [0.1, 0.15) is 6.61 Å². The molecule has 7 nitrogen and oxygen atoms in total. The summed E-state index contributed by atoms with van der Waals surface area (Å²) in [6.07, 6.45) is 1.26. The Hall–Kier alpha value is -3.35. The van der Waals surface area contributed by atoms with Gasteiger partial charge in [-0.05, 0) is 30.5 Å².